The van der Waals surface area contributed by atoms with E-state index in [9.17, 15) is 9.59 Å². The van der Waals surface area contributed by atoms with Crippen LogP contribution in [0.5, 0.6) is 0 Å². The maximum absolute atomic E-state index is 11.8. The number of aliphatic carboxylic acids is 1. The van der Waals surface area contributed by atoms with Crippen LogP contribution in [0.4, 0.5) is 10.5 Å². The molecule has 0 bridgehead atoms. The van der Waals surface area contributed by atoms with Gasteiger partial charge in [0.1, 0.15) is 0 Å². The molecule has 1 aromatic carbocycles. The lowest BCUT2D eigenvalue weighted by atomic mass is 10.1. The number of hydrogen-bond donors (Lipinski definition) is 2. The minimum atomic E-state index is -0.884. The van der Waals surface area contributed by atoms with Crippen molar-refractivity contribution in [2.24, 2.45) is 0 Å². The molecule has 0 spiro atoms. The van der Waals surface area contributed by atoms with E-state index in [1.165, 1.54) is 4.90 Å². The van der Waals surface area contributed by atoms with E-state index in [-0.39, 0.29) is 18.5 Å². The number of nitrogens with one attached hydrogen (secondary N) is 1. The number of carboxylic acids is 1. The number of carbonyl (C=O) groups is 2. The second-order valence-corrected chi connectivity index (χ2v) is 4.30. The second-order valence-electron chi connectivity index (χ2n) is 4.30. The maximum atomic E-state index is 11.8. The number of hydrogen-bond acceptors (Lipinski definition) is 3. The Kier molecular flexibility index (Phi) is 3.66. The van der Waals surface area contributed by atoms with Gasteiger partial charge in [-0.1, -0.05) is 6.07 Å². The van der Waals surface area contributed by atoms with Gasteiger partial charge in [-0.15, -0.1) is 0 Å². The van der Waals surface area contributed by atoms with Crippen LogP contribution in [-0.2, 0) is 4.79 Å². The van der Waals surface area contributed by atoms with Crippen LogP contribution in [0.2, 0.25) is 0 Å². The zero-order chi connectivity index (χ0) is 13.8. The quantitative estimate of drug-likeness (QED) is 0.852. The number of nitriles is 1. The predicted molar refractivity (Wildman–Crippen MR) is 67.7 cm³/mol. The standard InChI is InChI=1S/C13H13N3O3/c14-7-9-2-1-3-10(6-9)16-11(4-5-12(17)18)8-15-13(16)19/h1-3,6,11H,4-5,8H2,(H,15,19)(H,17,18). The van der Waals surface area contributed by atoms with Gasteiger partial charge in [-0.2, -0.15) is 5.26 Å². The predicted octanol–water partition coefficient (Wildman–Crippen LogP) is 1.32. The minimum absolute atomic E-state index is 0.00800. The highest BCUT2D eigenvalue weighted by Gasteiger charge is 2.32. The highest BCUT2D eigenvalue weighted by atomic mass is 16.4. The molecule has 1 atom stereocenters. The van der Waals surface area contributed by atoms with E-state index in [1.54, 1.807) is 24.3 Å². The molecule has 98 valence electrons. The van der Waals surface area contributed by atoms with Gasteiger partial charge in [0.2, 0.25) is 0 Å². The summed E-state index contributed by atoms with van der Waals surface area (Å²) < 4.78 is 0. The molecule has 2 N–H and O–H groups in total. The third-order valence-electron chi connectivity index (χ3n) is 3.02. The van der Waals surface area contributed by atoms with E-state index in [1.807, 2.05) is 6.07 Å². The van der Waals surface area contributed by atoms with Crippen molar-refractivity contribution in [1.29, 1.82) is 5.26 Å². The summed E-state index contributed by atoms with van der Waals surface area (Å²) in [5, 5.41) is 20.3. The summed E-state index contributed by atoms with van der Waals surface area (Å²) in [7, 11) is 0. The van der Waals surface area contributed by atoms with E-state index >= 15 is 0 Å². The van der Waals surface area contributed by atoms with Crippen molar-refractivity contribution in [2.45, 2.75) is 18.9 Å². The number of anilines is 1. The van der Waals surface area contributed by atoms with Crippen LogP contribution < -0.4 is 10.2 Å². The van der Waals surface area contributed by atoms with Crippen molar-refractivity contribution in [3.8, 4) is 6.07 Å². The number of rotatable bonds is 4. The Morgan fingerprint density at radius 1 is 1.58 bits per heavy atom. The van der Waals surface area contributed by atoms with Gasteiger partial charge in [-0.3, -0.25) is 9.69 Å². The van der Waals surface area contributed by atoms with Crippen LogP contribution in [0.3, 0.4) is 0 Å². The van der Waals surface area contributed by atoms with E-state index in [4.69, 9.17) is 10.4 Å². The Hall–Kier alpha value is -2.55. The first kappa shape index (κ1) is 12.9. The zero-order valence-electron chi connectivity index (χ0n) is 10.2. The van der Waals surface area contributed by atoms with Crippen LogP contribution in [0.1, 0.15) is 18.4 Å². The Bertz CT molecular complexity index is 550. The Morgan fingerprint density at radius 3 is 3.05 bits per heavy atom. The average molecular weight is 259 g/mol. The normalized spacial score (nSPS) is 17.9. The molecular weight excluding hydrogens is 246 g/mol. The van der Waals surface area contributed by atoms with Crippen molar-refractivity contribution >= 4 is 17.7 Å². The number of carbonyl (C=O) groups excluding carboxylic acids is 1. The van der Waals surface area contributed by atoms with E-state index in [2.05, 4.69) is 5.32 Å². The summed E-state index contributed by atoms with van der Waals surface area (Å²) >= 11 is 0. The summed E-state index contributed by atoms with van der Waals surface area (Å²) in [6.45, 7) is 0.420. The van der Waals surface area contributed by atoms with Crippen LogP contribution >= 0.6 is 0 Å². The van der Waals surface area contributed by atoms with Crippen molar-refractivity contribution in [3.63, 3.8) is 0 Å². The summed E-state index contributed by atoms with van der Waals surface area (Å²) in [6.07, 6.45) is 0.388. The van der Waals surface area contributed by atoms with Gasteiger partial charge in [-0.25, -0.2) is 4.79 Å². The summed E-state index contributed by atoms with van der Waals surface area (Å²) in [4.78, 5) is 23.9. The molecule has 19 heavy (non-hydrogen) atoms. The third kappa shape index (κ3) is 2.83. The average Bonchev–Trinajstić information content (AvgIpc) is 2.77. The van der Waals surface area contributed by atoms with Crippen LogP contribution in [0, 0.1) is 11.3 Å². The molecule has 1 heterocycles. The first-order valence-electron chi connectivity index (χ1n) is 5.91. The van der Waals surface area contributed by atoms with Crippen LogP contribution in [-0.4, -0.2) is 29.7 Å². The molecule has 6 nitrogen and oxygen atoms in total. The molecular formula is C13H13N3O3. The lowest BCUT2D eigenvalue weighted by molar-refractivity contribution is -0.137. The molecule has 0 aromatic heterocycles. The second kappa shape index (κ2) is 5.40. The fourth-order valence-corrected chi connectivity index (χ4v) is 2.12. The summed E-state index contributed by atoms with van der Waals surface area (Å²) in [6, 6.07) is 8.28. The van der Waals surface area contributed by atoms with Crippen molar-refractivity contribution in [1.82, 2.24) is 5.32 Å². The van der Waals surface area contributed by atoms with Crippen molar-refractivity contribution in [3.05, 3.63) is 29.8 Å². The summed E-state index contributed by atoms with van der Waals surface area (Å²) in [5.41, 5.74) is 1.08. The van der Waals surface area contributed by atoms with Gasteiger partial charge in [-0.05, 0) is 24.6 Å². The number of benzene rings is 1. The maximum Gasteiger partial charge on any atom is 0.322 e. The number of nitrogens with zero attached hydrogens (tertiary/aromatic N) is 2. The van der Waals surface area contributed by atoms with Gasteiger partial charge in [0.25, 0.3) is 0 Å². The molecule has 1 unspecified atom stereocenters. The van der Waals surface area contributed by atoms with E-state index in [0.717, 1.165) is 0 Å². The topological polar surface area (TPSA) is 93.4 Å². The van der Waals surface area contributed by atoms with Gasteiger partial charge < -0.3 is 10.4 Å². The number of carboxylic acid groups (broad SMARTS) is 1. The van der Waals surface area contributed by atoms with E-state index in [0.29, 0.717) is 24.2 Å². The molecule has 1 aromatic rings. The molecule has 1 fully saturated rings. The molecule has 6 heteroatoms. The Labute approximate surface area is 110 Å². The number of urea groups is 1. The minimum Gasteiger partial charge on any atom is -0.481 e. The molecule has 0 saturated carbocycles. The van der Waals surface area contributed by atoms with Crippen LogP contribution in [0.25, 0.3) is 0 Å². The smallest absolute Gasteiger partial charge is 0.322 e. The molecule has 0 radical (unpaired) electrons. The van der Waals surface area contributed by atoms with Gasteiger partial charge >= 0.3 is 12.0 Å². The molecule has 1 saturated heterocycles. The third-order valence-corrected chi connectivity index (χ3v) is 3.02. The molecule has 1 aliphatic heterocycles. The highest BCUT2D eigenvalue weighted by molar-refractivity contribution is 5.95. The molecule has 1 aliphatic rings. The lowest BCUT2D eigenvalue weighted by Crippen LogP contribution is -2.34. The summed E-state index contributed by atoms with van der Waals surface area (Å²) in [5.74, 6) is -0.884. The van der Waals surface area contributed by atoms with Gasteiger partial charge in [0.15, 0.2) is 0 Å². The van der Waals surface area contributed by atoms with Gasteiger partial charge in [0, 0.05) is 18.7 Å². The van der Waals surface area contributed by atoms with Crippen LogP contribution in [0.15, 0.2) is 24.3 Å². The zero-order valence-corrected chi connectivity index (χ0v) is 10.2. The van der Waals surface area contributed by atoms with Crippen molar-refractivity contribution in [2.75, 3.05) is 11.4 Å². The first-order valence-corrected chi connectivity index (χ1v) is 5.91. The Morgan fingerprint density at radius 2 is 2.37 bits per heavy atom. The first-order chi connectivity index (χ1) is 9.11. The molecule has 2 amide bonds. The monoisotopic (exact) mass is 259 g/mol. The van der Waals surface area contributed by atoms with E-state index < -0.39 is 5.97 Å². The van der Waals surface area contributed by atoms with Crippen molar-refractivity contribution < 1.29 is 14.7 Å². The fraction of sp³-hybridized carbons (Fsp3) is 0.308. The highest BCUT2D eigenvalue weighted by Crippen LogP contribution is 2.23. The largest absolute Gasteiger partial charge is 0.481 e. The Balaban J connectivity index is 2.21. The molecule has 0 aliphatic carbocycles. The molecule has 2 rings (SSSR count). The van der Waals surface area contributed by atoms with Gasteiger partial charge in [0.05, 0.1) is 17.7 Å². The number of amides is 2. The fourth-order valence-electron chi connectivity index (χ4n) is 2.12. The lowest BCUT2D eigenvalue weighted by Gasteiger charge is -2.22. The SMILES string of the molecule is N#Cc1cccc(N2C(=O)NCC2CCC(=O)O)c1.